The van der Waals surface area contributed by atoms with E-state index in [1.165, 1.54) is 13.3 Å². The van der Waals surface area contributed by atoms with E-state index in [0.717, 1.165) is 0 Å². The van der Waals surface area contributed by atoms with Gasteiger partial charge in [-0.1, -0.05) is 5.16 Å². The molecule has 204 valence electrons. The second-order valence-corrected chi connectivity index (χ2v) is 10.4. The van der Waals surface area contributed by atoms with E-state index >= 15 is 0 Å². The van der Waals surface area contributed by atoms with Gasteiger partial charge in [0.1, 0.15) is 30.6 Å². The maximum absolute atomic E-state index is 13.9. The number of hydrogen-bond donors (Lipinski definition) is 3. The number of oxime groups is 1. The summed E-state index contributed by atoms with van der Waals surface area (Å²) in [6.07, 6.45) is 1.14. The first-order chi connectivity index (χ1) is 18.4. The van der Waals surface area contributed by atoms with Gasteiger partial charge in [0.25, 0.3) is 0 Å². The monoisotopic (exact) mass is 537 g/mol. The van der Waals surface area contributed by atoms with E-state index in [0.29, 0.717) is 17.0 Å². The lowest BCUT2D eigenvalue weighted by Gasteiger charge is -2.48. The van der Waals surface area contributed by atoms with Crippen LogP contribution in [0.25, 0.3) is 11.3 Å². The topological polar surface area (TPSA) is 190 Å². The van der Waals surface area contributed by atoms with Gasteiger partial charge in [0.05, 0.1) is 17.0 Å². The lowest BCUT2D eigenvalue weighted by molar-refractivity contribution is -0.175. The Balaban J connectivity index is 1.63. The molecule has 2 saturated carbocycles. The Morgan fingerprint density at radius 3 is 2.56 bits per heavy atom. The molecule has 39 heavy (non-hydrogen) atoms. The van der Waals surface area contributed by atoms with Gasteiger partial charge in [0.2, 0.25) is 5.91 Å². The number of fused-ring (bicyclic) bond motifs is 3. The number of aliphatic hydroxyl groups is 1. The number of ketones is 4. The molecule has 1 heterocycles. The van der Waals surface area contributed by atoms with Crippen molar-refractivity contribution in [2.24, 2.45) is 34.6 Å². The predicted octanol–water partition coefficient (Wildman–Crippen LogP) is 0.633. The fourth-order valence-electron chi connectivity index (χ4n) is 6.27. The lowest BCUT2D eigenvalue weighted by Crippen LogP contribution is -2.68. The third-order valence-corrected chi connectivity index (χ3v) is 8.04. The van der Waals surface area contributed by atoms with Crippen molar-refractivity contribution in [2.45, 2.75) is 24.9 Å². The minimum Gasteiger partial charge on any atom is -0.506 e. The number of carbonyl (C=O) groups excluding carboxylic acids is 5. The zero-order chi connectivity index (χ0) is 28.4. The minimum absolute atomic E-state index is 0.0246. The molecule has 5 atom stereocenters. The smallest absolute Gasteiger partial charge is 0.235 e. The van der Waals surface area contributed by atoms with Gasteiger partial charge in [0.15, 0.2) is 34.7 Å². The highest BCUT2D eigenvalue weighted by Crippen LogP contribution is 2.52. The highest BCUT2D eigenvalue weighted by Gasteiger charge is 2.66. The number of benzene rings is 1. The third kappa shape index (κ3) is 3.77. The summed E-state index contributed by atoms with van der Waals surface area (Å²) in [5.74, 6) is -10.1. The summed E-state index contributed by atoms with van der Waals surface area (Å²) >= 11 is 0. The van der Waals surface area contributed by atoms with E-state index in [-0.39, 0.29) is 36.1 Å². The summed E-state index contributed by atoms with van der Waals surface area (Å²) in [5, 5.41) is 26.3. The van der Waals surface area contributed by atoms with E-state index in [9.17, 15) is 34.2 Å². The predicted molar refractivity (Wildman–Crippen MR) is 135 cm³/mol. The van der Waals surface area contributed by atoms with Crippen molar-refractivity contribution < 1.29 is 43.4 Å². The number of nitrogens with two attached hydrogens (primary N) is 1. The molecule has 1 aromatic carbocycles. The Morgan fingerprint density at radius 1 is 1.21 bits per heavy atom. The fourth-order valence-corrected chi connectivity index (χ4v) is 6.27. The quantitative estimate of drug-likeness (QED) is 0.277. The molecule has 0 bridgehead atoms. The molecule has 0 aliphatic heterocycles. The Morgan fingerprint density at radius 2 is 1.92 bits per heavy atom. The largest absolute Gasteiger partial charge is 0.506 e. The van der Waals surface area contributed by atoms with Crippen molar-refractivity contribution in [2.75, 3.05) is 26.1 Å². The van der Waals surface area contributed by atoms with E-state index in [1.54, 1.807) is 37.2 Å². The van der Waals surface area contributed by atoms with E-state index in [1.807, 2.05) is 0 Å². The maximum atomic E-state index is 13.9. The molecule has 12 heteroatoms. The number of Topliss-reactive ketones (excluding diaryl/α,β-unsaturated/α-hetero) is 4. The number of hydrogen-bond acceptors (Lipinski definition) is 11. The molecule has 2 aromatic rings. The van der Waals surface area contributed by atoms with Crippen molar-refractivity contribution in [3.8, 4) is 17.1 Å². The number of rotatable bonds is 5. The molecule has 2 fully saturated rings. The first-order valence-electron chi connectivity index (χ1n) is 12.3. The molecule has 12 nitrogen and oxygen atoms in total. The molecule has 1 aromatic heterocycles. The van der Waals surface area contributed by atoms with Gasteiger partial charge in [-0.3, -0.25) is 24.0 Å². The van der Waals surface area contributed by atoms with Crippen LogP contribution in [-0.4, -0.2) is 72.3 Å². The van der Waals surface area contributed by atoms with Gasteiger partial charge in [-0.05, 0) is 42.5 Å². The Bertz CT molecular complexity index is 1470. The number of anilines is 1. The molecule has 0 saturated heterocycles. The Kier molecular flexibility index (Phi) is 6.17. The van der Waals surface area contributed by atoms with Gasteiger partial charge in [0, 0.05) is 32.1 Å². The van der Waals surface area contributed by atoms with Crippen LogP contribution in [0.3, 0.4) is 0 Å². The van der Waals surface area contributed by atoms with E-state index in [2.05, 4.69) is 9.99 Å². The molecule has 0 spiro atoms. The number of amides is 1. The summed E-state index contributed by atoms with van der Waals surface area (Å²) in [5.41, 5.74) is 3.72. The number of phenolic OH excluding ortho intramolecular Hbond substituents is 1. The third-order valence-electron chi connectivity index (χ3n) is 8.04. The first-order valence-corrected chi connectivity index (χ1v) is 12.3. The molecule has 4 N–H and O–H groups in total. The number of primary amides is 1. The number of furan rings is 1. The van der Waals surface area contributed by atoms with Crippen LogP contribution in [0.1, 0.15) is 34.5 Å². The highest BCUT2D eigenvalue weighted by atomic mass is 16.6. The average Bonchev–Trinajstić information content (AvgIpc) is 3.33. The van der Waals surface area contributed by atoms with Crippen LogP contribution in [-0.2, 0) is 30.4 Å². The van der Waals surface area contributed by atoms with Crippen LogP contribution in [0.5, 0.6) is 5.75 Å². The van der Waals surface area contributed by atoms with Crippen molar-refractivity contribution >= 4 is 40.9 Å². The van der Waals surface area contributed by atoms with Crippen molar-refractivity contribution in [1.82, 2.24) is 0 Å². The zero-order valence-corrected chi connectivity index (χ0v) is 21.5. The number of nitrogens with zero attached hydrogens (tertiary/aromatic N) is 2. The SMILES string of the molecule is CO/N=C\c1ccc(-c2cc(N(C)C)c3c(c2O)C(=O)C2C(=O)[C@]4(O)C(=O)C(C(N)=O)C(=O)C[C@@H]4C[C@@H]2C3)o1. The molecule has 3 aliphatic carbocycles. The van der Waals surface area contributed by atoms with Gasteiger partial charge in [-0.2, -0.15) is 0 Å². The van der Waals surface area contributed by atoms with Gasteiger partial charge in [-0.15, -0.1) is 0 Å². The number of aromatic hydroxyl groups is 1. The summed E-state index contributed by atoms with van der Waals surface area (Å²) in [4.78, 5) is 71.5. The zero-order valence-electron chi connectivity index (χ0n) is 21.5. The molecule has 5 rings (SSSR count). The molecule has 0 radical (unpaired) electrons. The van der Waals surface area contributed by atoms with Crippen LogP contribution in [0, 0.1) is 23.7 Å². The fraction of sp³-hybridized carbons (Fsp3) is 0.407. The second-order valence-electron chi connectivity index (χ2n) is 10.4. The average molecular weight is 538 g/mol. The van der Waals surface area contributed by atoms with Crippen LogP contribution in [0.4, 0.5) is 5.69 Å². The molecule has 2 unspecified atom stereocenters. The Hall–Kier alpha value is -4.32. The maximum Gasteiger partial charge on any atom is 0.235 e. The normalized spacial score (nSPS) is 28.2. The first kappa shape index (κ1) is 26.3. The summed E-state index contributed by atoms with van der Waals surface area (Å²) in [7, 11) is 4.90. The van der Waals surface area contributed by atoms with E-state index < -0.39 is 64.1 Å². The van der Waals surface area contributed by atoms with Gasteiger partial charge in [-0.25, -0.2) is 0 Å². The van der Waals surface area contributed by atoms with Crippen LogP contribution >= 0.6 is 0 Å². The lowest BCUT2D eigenvalue weighted by atomic mass is 9.53. The molecular formula is C27H27N3O9. The summed E-state index contributed by atoms with van der Waals surface area (Å²) < 4.78 is 5.74. The molecule has 1 amide bonds. The number of carbonyl (C=O) groups is 5. The standard InChI is InChI=1S/C27H27N3O9/c1-30(2)16-9-15(18-5-4-13(39-18)10-29-38-3)22(32)20-14(16)7-11-6-12-8-17(31)21(26(28)36)25(35)27(12,37)24(34)19(11)23(20)33/h4-5,9-12,19,21,32,37H,6-8H2,1-3H3,(H2,28,36)/b29-10-/t11-,12+,19?,21?,27+/m1/s1. The van der Waals surface area contributed by atoms with Crippen LogP contribution in [0.15, 0.2) is 27.8 Å². The Labute approximate surface area is 222 Å². The van der Waals surface area contributed by atoms with E-state index in [4.69, 9.17) is 10.2 Å². The van der Waals surface area contributed by atoms with Crippen molar-refractivity contribution in [3.05, 3.63) is 35.1 Å². The van der Waals surface area contributed by atoms with Crippen LogP contribution < -0.4 is 10.6 Å². The molecular weight excluding hydrogens is 510 g/mol. The van der Waals surface area contributed by atoms with Crippen molar-refractivity contribution in [3.63, 3.8) is 0 Å². The highest BCUT2D eigenvalue weighted by molar-refractivity contribution is 6.31. The minimum atomic E-state index is -2.70. The summed E-state index contributed by atoms with van der Waals surface area (Å²) in [6, 6.07) is 4.84. The second kappa shape index (κ2) is 9.16. The molecule has 3 aliphatic rings. The van der Waals surface area contributed by atoms with Gasteiger partial charge < -0.3 is 30.1 Å². The van der Waals surface area contributed by atoms with Crippen molar-refractivity contribution in [1.29, 1.82) is 0 Å². The van der Waals surface area contributed by atoms with Gasteiger partial charge >= 0.3 is 0 Å². The summed E-state index contributed by atoms with van der Waals surface area (Å²) in [6.45, 7) is 0. The number of phenols is 1. The van der Waals surface area contributed by atoms with Crippen LogP contribution in [0.2, 0.25) is 0 Å².